The number of hydrogen-bond donors (Lipinski definition) is 0. The first-order valence-electron chi connectivity index (χ1n) is 5.02. The molecule has 0 fully saturated rings. The number of amides is 1. The van der Waals surface area contributed by atoms with Crippen molar-refractivity contribution in [2.75, 3.05) is 14.1 Å². The van der Waals surface area contributed by atoms with Crippen LogP contribution in [0, 0.1) is 6.92 Å². The van der Waals surface area contributed by atoms with Crippen LogP contribution in [-0.4, -0.2) is 34.7 Å². The van der Waals surface area contributed by atoms with Crippen LogP contribution in [0.25, 0.3) is 0 Å². The Balaban J connectivity index is 3.24. The fourth-order valence-electron chi connectivity index (χ4n) is 1.39. The lowest BCUT2D eigenvalue weighted by Gasteiger charge is -2.23. The van der Waals surface area contributed by atoms with E-state index in [2.05, 4.69) is 5.10 Å². The van der Waals surface area contributed by atoms with Gasteiger partial charge in [-0.3, -0.25) is 9.48 Å². The maximum atomic E-state index is 11.9. The largest absolute Gasteiger partial charge is 0.343 e. The number of aromatic nitrogens is 2. The molecule has 0 atom stereocenters. The van der Waals surface area contributed by atoms with E-state index in [0.717, 1.165) is 5.69 Å². The first-order chi connectivity index (χ1) is 6.73. The molecule has 1 aromatic rings. The molecule has 0 aromatic carbocycles. The molecule has 0 bridgehead atoms. The van der Waals surface area contributed by atoms with Crippen molar-refractivity contribution in [3.63, 3.8) is 0 Å². The second kappa shape index (κ2) is 3.68. The third-order valence-corrected chi connectivity index (χ3v) is 2.09. The molecule has 0 aliphatic rings. The van der Waals surface area contributed by atoms with Crippen molar-refractivity contribution in [2.45, 2.75) is 33.2 Å². The fraction of sp³-hybridized carbons (Fsp3) is 0.636. The Bertz CT molecular complexity index is 372. The van der Waals surface area contributed by atoms with Crippen molar-refractivity contribution < 1.29 is 4.79 Å². The highest BCUT2D eigenvalue weighted by Crippen LogP contribution is 2.18. The van der Waals surface area contributed by atoms with Crippen molar-refractivity contribution >= 4 is 5.91 Å². The van der Waals surface area contributed by atoms with Gasteiger partial charge in [0.1, 0.15) is 5.69 Å². The molecule has 1 aromatic heterocycles. The molecule has 0 N–H and O–H groups in total. The molecule has 0 radical (unpaired) electrons. The zero-order chi connectivity index (χ0) is 11.8. The first-order valence-corrected chi connectivity index (χ1v) is 5.02. The van der Waals surface area contributed by atoms with Crippen LogP contribution < -0.4 is 0 Å². The van der Waals surface area contributed by atoms with Gasteiger partial charge in [0, 0.05) is 14.1 Å². The molecule has 1 amide bonds. The number of rotatable bonds is 1. The van der Waals surface area contributed by atoms with E-state index < -0.39 is 0 Å². The lowest BCUT2D eigenvalue weighted by atomic mass is 10.1. The van der Waals surface area contributed by atoms with E-state index in [9.17, 15) is 4.79 Å². The highest BCUT2D eigenvalue weighted by molar-refractivity contribution is 5.92. The van der Waals surface area contributed by atoms with Crippen molar-refractivity contribution in [3.05, 3.63) is 17.5 Å². The van der Waals surface area contributed by atoms with Gasteiger partial charge in [0.15, 0.2) is 0 Å². The van der Waals surface area contributed by atoms with E-state index in [-0.39, 0.29) is 11.4 Å². The Labute approximate surface area is 90.9 Å². The van der Waals surface area contributed by atoms with Crippen LogP contribution in [-0.2, 0) is 5.54 Å². The van der Waals surface area contributed by atoms with Crippen LogP contribution in [0.3, 0.4) is 0 Å². The Morgan fingerprint density at radius 2 is 1.93 bits per heavy atom. The molecular weight excluding hydrogens is 190 g/mol. The SMILES string of the molecule is Cc1cc(C(=O)N(C)C)n(C(C)(C)C)n1. The first kappa shape index (κ1) is 11.8. The summed E-state index contributed by atoms with van der Waals surface area (Å²) in [6.07, 6.45) is 0. The van der Waals surface area contributed by atoms with Gasteiger partial charge in [-0.05, 0) is 33.8 Å². The van der Waals surface area contributed by atoms with Gasteiger partial charge < -0.3 is 4.90 Å². The summed E-state index contributed by atoms with van der Waals surface area (Å²) in [6, 6.07) is 1.83. The van der Waals surface area contributed by atoms with E-state index >= 15 is 0 Å². The Hall–Kier alpha value is -1.32. The zero-order valence-electron chi connectivity index (χ0n) is 10.3. The number of carbonyl (C=O) groups is 1. The molecule has 0 unspecified atom stereocenters. The standard InChI is InChI=1S/C11H19N3O/c1-8-7-9(10(15)13(5)6)14(12-8)11(2,3)4/h7H,1-6H3. The number of aryl methyl sites for hydroxylation is 1. The average molecular weight is 209 g/mol. The second-order valence-corrected chi connectivity index (χ2v) is 4.95. The van der Waals surface area contributed by atoms with E-state index in [1.54, 1.807) is 23.7 Å². The summed E-state index contributed by atoms with van der Waals surface area (Å²) >= 11 is 0. The summed E-state index contributed by atoms with van der Waals surface area (Å²) in [7, 11) is 3.50. The van der Waals surface area contributed by atoms with Gasteiger partial charge in [-0.25, -0.2) is 0 Å². The molecule has 0 spiro atoms. The third kappa shape index (κ3) is 2.37. The molecular formula is C11H19N3O. The lowest BCUT2D eigenvalue weighted by molar-refractivity contribution is 0.0807. The molecule has 15 heavy (non-hydrogen) atoms. The minimum atomic E-state index is -0.171. The Morgan fingerprint density at radius 3 is 2.33 bits per heavy atom. The van der Waals surface area contributed by atoms with Gasteiger partial charge in [-0.15, -0.1) is 0 Å². The highest BCUT2D eigenvalue weighted by atomic mass is 16.2. The van der Waals surface area contributed by atoms with Crippen molar-refractivity contribution in [1.29, 1.82) is 0 Å². The molecule has 0 aliphatic heterocycles. The maximum Gasteiger partial charge on any atom is 0.271 e. The molecule has 4 nitrogen and oxygen atoms in total. The number of nitrogens with zero attached hydrogens (tertiary/aromatic N) is 3. The van der Waals surface area contributed by atoms with E-state index in [4.69, 9.17) is 0 Å². The van der Waals surface area contributed by atoms with Crippen molar-refractivity contribution in [3.8, 4) is 0 Å². The predicted octanol–water partition coefficient (Wildman–Crippen LogP) is 1.65. The highest BCUT2D eigenvalue weighted by Gasteiger charge is 2.23. The third-order valence-electron chi connectivity index (χ3n) is 2.09. The van der Waals surface area contributed by atoms with Gasteiger partial charge in [0.05, 0.1) is 11.2 Å². The normalized spacial score (nSPS) is 11.6. The smallest absolute Gasteiger partial charge is 0.271 e. The van der Waals surface area contributed by atoms with Crippen LogP contribution in [0.2, 0.25) is 0 Å². The summed E-state index contributed by atoms with van der Waals surface area (Å²) in [5.41, 5.74) is 1.34. The molecule has 0 aliphatic carbocycles. The predicted molar refractivity (Wildman–Crippen MR) is 60.0 cm³/mol. The minimum Gasteiger partial charge on any atom is -0.343 e. The summed E-state index contributed by atoms with van der Waals surface area (Å²) < 4.78 is 1.78. The molecule has 0 saturated carbocycles. The molecule has 4 heteroatoms. The Morgan fingerprint density at radius 1 is 1.40 bits per heavy atom. The van der Waals surface area contributed by atoms with Gasteiger partial charge in [0.25, 0.3) is 5.91 Å². The van der Waals surface area contributed by atoms with Gasteiger partial charge in [0.2, 0.25) is 0 Å². The van der Waals surface area contributed by atoms with Crippen molar-refractivity contribution in [1.82, 2.24) is 14.7 Å². The molecule has 1 heterocycles. The van der Waals surface area contributed by atoms with Crippen LogP contribution in [0.5, 0.6) is 0 Å². The summed E-state index contributed by atoms with van der Waals surface area (Å²) in [4.78, 5) is 13.5. The minimum absolute atomic E-state index is 0.00877. The average Bonchev–Trinajstić information content (AvgIpc) is 2.44. The van der Waals surface area contributed by atoms with Crippen LogP contribution in [0.15, 0.2) is 6.07 Å². The lowest BCUT2D eigenvalue weighted by Crippen LogP contribution is -2.31. The van der Waals surface area contributed by atoms with Crippen molar-refractivity contribution in [2.24, 2.45) is 0 Å². The van der Waals surface area contributed by atoms with E-state index in [1.807, 2.05) is 33.8 Å². The fourth-order valence-corrected chi connectivity index (χ4v) is 1.39. The molecule has 1 rings (SSSR count). The quantitative estimate of drug-likeness (QED) is 0.705. The molecule has 0 saturated heterocycles. The van der Waals surface area contributed by atoms with E-state index in [0.29, 0.717) is 5.69 Å². The second-order valence-electron chi connectivity index (χ2n) is 4.95. The Kier molecular flexibility index (Phi) is 2.88. The number of hydrogen-bond acceptors (Lipinski definition) is 2. The summed E-state index contributed by atoms with van der Waals surface area (Å²) in [5, 5.41) is 4.35. The monoisotopic (exact) mass is 209 g/mol. The van der Waals surface area contributed by atoms with Gasteiger partial charge in [-0.1, -0.05) is 0 Å². The van der Waals surface area contributed by atoms with Crippen LogP contribution in [0.1, 0.15) is 37.0 Å². The number of carbonyl (C=O) groups excluding carboxylic acids is 1. The topological polar surface area (TPSA) is 38.1 Å². The van der Waals surface area contributed by atoms with Crippen LogP contribution >= 0.6 is 0 Å². The summed E-state index contributed by atoms with van der Waals surface area (Å²) in [6.45, 7) is 8.00. The van der Waals surface area contributed by atoms with E-state index in [1.165, 1.54) is 0 Å². The zero-order valence-corrected chi connectivity index (χ0v) is 10.3. The van der Waals surface area contributed by atoms with Gasteiger partial charge >= 0.3 is 0 Å². The molecule has 84 valence electrons. The maximum absolute atomic E-state index is 11.9. The summed E-state index contributed by atoms with van der Waals surface area (Å²) in [5.74, 6) is -0.00877. The van der Waals surface area contributed by atoms with Crippen LogP contribution in [0.4, 0.5) is 0 Å². The van der Waals surface area contributed by atoms with Gasteiger partial charge in [-0.2, -0.15) is 5.10 Å².